The Morgan fingerprint density at radius 3 is 1.06 bits per heavy atom. The van der Waals surface area contributed by atoms with Crippen LogP contribution in [0.5, 0.6) is 0 Å². The number of fused-ring (bicyclic) bond motifs is 17. The normalized spacial score (nSPS) is 16.8. The van der Waals surface area contributed by atoms with E-state index in [0.717, 1.165) is 0 Å². The van der Waals surface area contributed by atoms with Gasteiger partial charge in [-0.2, -0.15) is 0 Å². The van der Waals surface area contributed by atoms with Crippen LogP contribution in [0.25, 0.3) is 54.9 Å². The fourth-order valence-corrected chi connectivity index (χ4v) is 14.9. The summed E-state index contributed by atoms with van der Waals surface area (Å²) in [4.78, 5) is 5.02. The Morgan fingerprint density at radius 2 is 0.648 bits per heavy atom. The van der Waals surface area contributed by atoms with Crippen molar-refractivity contribution in [3.05, 3.63) is 240 Å². The van der Waals surface area contributed by atoms with E-state index in [1.54, 1.807) is 0 Å². The van der Waals surface area contributed by atoms with Gasteiger partial charge in [0.15, 0.2) is 0 Å². The number of hydrogen-bond donors (Lipinski definition) is 0. The van der Waals surface area contributed by atoms with Crippen LogP contribution in [0.3, 0.4) is 0 Å². The standard InChI is InChI=1S/C69H56N2/c1-67(2)61-41-49(70(47-19-5-3-6-20-47)51-29-33-57-63(43-51)68(37-13-14-38-68)59-35-25-45-17-9-11-23-53(45)65(57)59)27-31-55(61)56-32-28-50(42-62(56)67)71(48-21-7-4-8-22-48)52-30-34-58-64(44-52)69(39-15-16-40-69)60-36-26-46-18-10-12-24-54(46)66(58)60/h3-12,17-36,41-44H,13-16,37-40H2,1-2H3. The Morgan fingerprint density at radius 1 is 0.296 bits per heavy atom. The molecule has 0 atom stereocenters. The van der Waals surface area contributed by atoms with Crippen LogP contribution >= 0.6 is 0 Å². The Bertz CT molecular complexity index is 3560. The highest BCUT2D eigenvalue weighted by molar-refractivity contribution is 6.05. The summed E-state index contributed by atoms with van der Waals surface area (Å²) in [5.41, 5.74) is 24.2. The van der Waals surface area contributed by atoms with E-state index in [0.29, 0.717) is 0 Å². The third kappa shape index (κ3) is 5.77. The molecule has 0 aromatic heterocycles. The van der Waals surface area contributed by atoms with E-state index in [1.165, 1.54) is 174 Å². The number of nitrogens with zero attached hydrogens (tertiary/aromatic N) is 2. The maximum Gasteiger partial charge on any atom is 0.0465 e. The van der Waals surface area contributed by atoms with Gasteiger partial charge in [-0.15, -0.1) is 0 Å². The molecular weight excluding hydrogens is 857 g/mol. The zero-order valence-corrected chi connectivity index (χ0v) is 40.7. The third-order valence-corrected chi connectivity index (χ3v) is 18.1. The van der Waals surface area contributed by atoms with Crippen molar-refractivity contribution in [2.24, 2.45) is 0 Å². The van der Waals surface area contributed by atoms with Crippen LogP contribution in [0.15, 0.2) is 206 Å². The average Bonchev–Trinajstić information content (AvgIpc) is 4.26. The SMILES string of the molecule is CC1(C)c2cc(N(c3ccccc3)c3ccc4c(c3)C3(CCCC3)c3ccc5ccccc5c3-4)ccc2-c2ccc(N(c3ccccc3)c3ccc4c(c3)C3(CCCC3)c3ccc5ccccc5c3-4)cc21. The van der Waals surface area contributed by atoms with E-state index in [4.69, 9.17) is 0 Å². The predicted octanol–water partition coefficient (Wildman–Crippen LogP) is 18.9. The molecule has 0 radical (unpaired) electrons. The summed E-state index contributed by atoms with van der Waals surface area (Å²) < 4.78 is 0. The number of benzene rings is 10. The summed E-state index contributed by atoms with van der Waals surface area (Å²) in [6.07, 6.45) is 9.88. The summed E-state index contributed by atoms with van der Waals surface area (Å²) in [6.45, 7) is 4.87. The highest BCUT2D eigenvalue weighted by atomic mass is 15.1. The number of rotatable bonds is 6. The van der Waals surface area contributed by atoms with E-state index in [1.807, 2.05) is 0 Å². The van der Waals surface area contributed by atoms with Crippen LogP contribution in [0, 0.1) is 0 Å². The molecule has 0 N–H and O–H groups in total. The molecule has 5 aliphatic rings. The lowest BCUT2D eigenvalue weighted by molar-refractivity contribution is 0.550. The summed E-state index contributed by atoms with van der Waals surface area (Å²) in [7, 11) is 0. The molecule has 2 heteroatoms. The quantitative estimate of drug-likeness (QED) is 0.164. The van der Waals surface area contributed by atoms with Gasteiger partial charge in [0.05, 0.1) is 0 Å². The monoisotopic (exact) mass is 912 g/mol. The largest absolute Gasteiger partial charge is 0.310 e. The molecule has 10 aromatic carbocycles. The van der Waals surface area contributed by atoms with Gasteiger partial charge < -0.3 is 9.80 Å². The van der Waals surface area contributed by atoms with Gasteiger partial charge in [-0.25, -0.2) is 0 Å². The highest BCUT2D eigenvalue weighted by Crippen LogP contribution is 2.62. The first-order chi connectivity index (χ1) is 34.9. The van der Waals surface area contributed by atoms with Crippen LogP contribution in [0.1, 0.15) is 98.6 Å². The van der Waals surface area contributed by atoms with Crippen LogP contribution in [0.2, 0.25) is 0 Å². The molecular formula is C69H56N2. The lowest BCUT2D eigenvalue weighted by atomic mass is 9.76. The summed E-state index contributed by atoms with van der Waals surface area (Å²) in [6, 6.07) is 79.0. The molecule has 5 aliphatic carbocycles. The van der Waals surface area contributed by atoms with Gasteiger partial charge >= 0.3 is 0 Å². The van der Waals surface area contributed by atoms with E-state index in [-0.39, 0.29) is 16.2 Å². The van der Waals surface area contributed by atoms with Crippen LogP contribution in [-0.2, 0) is 16.2 Å². The van der Waals surface area contributed by atoms with Crippen molar-refractivity contribution in [1.82, 2.24) is 0 Å². The first-order valence-electron chi connectivity index (χ1n) is 26.3. The minimum atomic E-state index is -0.246. The van der Waals surface area contributed by atoms with Crippen molar-refractivity contribution in [2.45, 2.75) is 81.5 Å². The maximum atomic E-state index is 2.56. The summed E-state index contributed by atoms with van der Waals surface area (Å²) in [5.74, 6) is 0. The molecule has 0 bridgehead atoms. The molecule has 0 heterocycles. The van der Waals surface area contributed by atoms with Gasteiger partial charge in [0.1, 0.15) is 0 Å². The number of para-hydroxylation sites is 2. The van der Waals surface area contributed by atoms with Gasteiger partial charge in [0, 0.05) is 50.4 Å². The molecule has 0 amide bonds. The van der Waals surface area contributed by atoms with E-state index in [2.05, 4.69) is 230 Å². The van der Waals surface area contributed by atoms with Crippen molar-refractivity contribution in [1.29, 1.82) is 0 Å². The Labute approximate surface area is 417 Å². The second kappa shape index (κ2) is 15.2. The van der Waals surface area contributed by atoms with Crippen molar-refractivity contribution < 1.29 is 0 Å². The lowest BCUT2D eigenvalue weighted by Crippen LogP contribution is -2.21. The summed E-state index contributed by atoms with van der Waals surface area (Å²) in [5, 5.41) is 5.40. The Kier molecular flexibility index (Phi) is 8.78. The molecule has 2 spiro atoms. The summed E-state index contributed by atoms with van der Waals surface area (Å²) >= 11 is 0. The fourth-order valence-electron chi connectivity index (χ4n) is 14.9. The third-order valence-electron chi connectivity index (χ3n) is 18.1. The molecule has 2 saturated carbocycles. The fraction of sp³-hybridized carbons (Fsp3) is 0.188. The molecule has 71 heavy (non-hydrogen) atoms. The lowest BCUT2D eigenvalue weighted by Gasteiger charge is -2.31. The minimum absolute atomic E-state index is 0.0532. The van der Waals surface area contributed by atoms with Crippen molar-refractivity contribution in [2.75, 3.05) is 9.80 Å². The Balaban J connectivity index is 0.839. The zero-order valence-electron chi connectivity index (χ0n) is 40.7. The maximum absolute atomic E-state index is 2.56. The van der Waals surface area contributed by atoms with Crippen molar-refractivity contribution in [3.63, 3.8) is 0 Å². The first-order valence-corrected chi connectivity index (χ1v) is 26.3. The highest BCUT2D eigenvalue weighted by Gasteiger charge is 2.48. The van der Waals surface area contributed by atoms with Crippen LogP contribution < -0.4 is 9.80 Å². The molecule has 0 saturated heterocycles. The Hall–Kier alpha value is -7.68. The molecule has 0 unspecified atom stereocenters. The predicted molar refractivity (Wildman–Crippen MR) is 298 cm³/mol. The number of hydrogen-bond acceptors (Lipinski definition) is 2. The first kappa shape index (κ1) is 41.1. The number of anilines is 6. The van der Waals surface area contributed by atoms with Gasteiger partial charge in [0.25, 0.3) is 0 Å². The molecule has 15 rings (SSSR count). The van der Waals surface area contributed by atoms with Crippen LogP contribution in [-0.4, -0.2) is 0 Å². The topological polar surface area (TPSA) is 6.48 Å². The van der Waals surface area contributed by atoms with Gasteiger partial charge in [-0.1, -0.05) is 173 Å². The minimum Gasteiger partial charge on any atom is -0.310 e. The van der Waals surface area contributed by atoms with Crippen molar-refractivity contribution in [3.8, 4) is 33.4 Å². The zero-order chi connectivity index (χ0) is 47.1. The van der Waals surface area contributed by atoms with E-state index < -0.39 is 0 Å². The second-order valence-electron chi connectivity index (χ2n) is 21.9. The van der Waals surface area contributed by atoms with Crippen LogP contribution in [0.4, 0.5) is 34.1 Å². The van der Waals surface area contributed by atoms with E-state index in [9.17, 15) is 0 Å². The molecule has 2 nitrogen and oxygen atoms in total. The molecule has 10 aromatic rings. The average molecular weight is 913 g/mol. The van der Waals surface area contributed by atoms with Gasteiger partial charge in [-0.05, 0) is 187 Å². The molecule has 342 valence electrons. The van der Waals surface area contributed by atoms with Crippen molar-refractivity contribution >= 4 is 55.7 Å². The molecule has 0 aliphatic heterocycles. The second-order valence-corrected chi connectivity index (χ2v) is 21.9. The van der Waals surface area contributed by atoms with Gasteiger partial charge in [0.2, 0.25) is 0 Å². The van der Waals surface area contributed by atoms with Gasteiger partial charge in [-0.3, -0.25) is 0 Å². The smallest absolute Gasteiger partial charge is 0.0465 e. The van der Waals surface area contributed by atoms with E-state index >= 15 is 0 Å². The molecule has 2 fully saturated rings.